The monoisotopic (exact) mass is 437 g/mol. The molecule has 5 nitrogen and oxygen atoms in total. The molecule has 3 rings (SSSR count). The molecule has 0 radical (unpaired) electrons. The summed E-state index contributed by atoms with van der Waals surface area (Å²) in [5.74, 6) is 1.15. The van der Waals surface area contributed by atoms with Crippen molar-refractivity contribution in [3.63, 3.8) is 0 Å². The summed E-state index contributed by atoms with van der Waals surface area (Å²) < 4.78 is 0.738. The minimum Gasteiger partial charge on any atom is -0.476 e. The van der Waals surface area contributed by atoms with Crippen molar-refractivity contribution in [3.8, 4) is 0 Å². The number of hydrogen-bond donors (Lipinski definition) is 2. The maximum absolute atomic E-state index is 12.3. The molecule has 2 aliphatic carbocycles. The van der Waals surface area contributed by atoms with Gasteiger partial charge in [-0.1, -0.05) is 43.2 Å². The van der Waals surface area contributed by atoms with Gasteiger partial charge in [0.25, 0.3) is 0 Å². The lowest BCUT2D eigenvalue weighted by Crippen LogP contribution is -2.25. The molecule has 0 amide bonds. The van der Waals surface area contributed by atoms with E-state index in [1.54, 1.807) is 5.38 Å². The Morgan fingerprint density at radius 1 is 1.38 bits per heavy atom. The van der Waals surface area contributed by atoms with Gasteiger partial charge in [-0.25, -0.2) is 9.78 Å². The van der Waals surface area contributed by atoms with Crippen LogP contribution in [0.5, 0.6) is 0 Å². The summed E-state index contributed by atoms with van der Waals surface area (Å²) in [4.78, 5) is 27.3. The van der Waals surface area contributed by atoms with Crippen molar-refractivity contribution in [1.82, 2.24) is 4.98 Å². The molecule has 1 unspecified atom stereocenters. The first-order valence-corrected chi connectivity index (χ1v) is 12.4. The minimum atomic E-state index is -1.01. The van der Waals surface area contributed by atoms with Crippen LogP contribution in [0, 0.1) is 17.8 Å². The summed E-state index contributed by atoms with van der Waals surface area (Å²) in [7, 11) is 0. The molecule has 1 aromatic heterocycles. The number of Topliss-reactive ketones (excluding diaryl/α,β-unsaturated/α-hetero) is 1. The number of carbonyl (C=O) groups is 2. The highest BCUT2D eigenvalue weighted by molar-refractivity contribution is 8.01. The zero-order valence-electron chi connectivity index (χ0n) is 17.0. The van der Waals surface area contributed by atoms with Crippen LogP contribution in [0.1, 0.15) is 75.2 Å². The highest BCUT2D eigenvalue weighted by Gasteiger charge is 2.32. The molecule has 160 valence electrons. The highest BCUT2D eigenvalue weighted by atomic mass is 32.2. The summed E-state index contributed by atoms with van der Waals surface area (Å²) in [6.45, 7) is 1.92. The molecule has 3 atom stereocenters. The van der Waals surface area contributed by atoms with Gasteiger partial charge >= 0.3 is 5.97 Å². The summed E-state index contributed by atoms with van der Waals surface area (Å²) in [5.41, 5.74) is -0.577. The fourth-order valence-electron chi connectivity index (χ4n) is 4.13. The molecule has 29 heavy (non-hydrogen) atoms. The highest BCUT2D eigenvalue weighted by Crippen LogP contribution is 2.36. The van der Waals surface area contributed by atoms with Crippen molar-refractivity contribution in [2.24, 2.45) is 17.8 Å². The van der Waals surface area contributed by atoms with E-state index >= 15 is 0 Å². The second-order valence-corrected chi connectivity index (χ2v) is 10.9. The van der Waals surface area contributed by atoms with Gasteiger partial charge in [0.1, 0.15) is 5.78 Å². The topological polar surface area (TPSA) is 87.5 Å². The number of aromatic carboxylic acids is 1. The Bertz CT molecular complexity index is 739. The number of aliphatic hydroxyl groups is 1. The van der Waals surface area contributed by atoms with Crippen LogP contribution in [-0.2, 0) is 4.79 Å². The molecule has 0 aliphatic heterocycles. The molecule has 0 bridgehead atoms. The number of thiazole rings is 1. The van der Waals surface area contributed by atoms with Crippen molar-refractivity contribution >= 4 is 34.9 Å². The summed E-state index contributed by atoms with van der Waals surface area (Å²) in [6.07, 6.45) is 13.1. The molecule has 2 aliphatic rings. The Kier molecular flexibility index (Phi) is 7.93. The van der Waals surface area contributed by atoms with Crippen LogP contribution < -0.4 is 0 Å². The molecular formula is C22H31NO4S2. The maximum Gasteiger partial charge on any atom is 0.355 e. The molecule has 0 spiro atoms. The average Bonchev–Trinajstić information content (AvgIpc) is 3.22. The number of carboxylic acids is 1. The predicted molar refractivity (Wildman–Crippen MR) is 117 cm³/mol. The van der Waals surface area contributed by atoms with Crippen LogP contribution in [0.3, 0.4) is 0 Å². The number of hydrogen-bond acceptors (Lipinski definition) is 6. The van der Waals surface area contributed by atoms with Gasteiger partial charge in [-0.3, -0.25) is 4.79 Å². The predicted octanol–water partition coefficient (Wildman–Crippen LogP) is 5.20. The molecule has 2 saturated carbocycles. The van der Waals surface area contributed by atoms with Gasteiger partial charge in [-0.15, -0.1) is 11.3 Å². The van der Waals surface area contributed by atoms with E-state index in [0.717, 1.165) is 41.7 Å². The number of carbonyl (C=O) groups excluding carboxylic acids is 1. The van der Waals surface area contributed by atoms with Gasteiger partial charge in [0.05, 0.1) is 5.60 Å². The third kappa shape index (κ3) is 6.66. The van der Waals surface area contributed by atoms with Gasteiger partial charge in [0, 0.05) is 23.5 Å². The van der Waals surface area contributed by atoms with Gasteiger partial charge in [0.2, 0.25) is 0 Å². The SMILES string of the molecule is CC(O)(CC=C[C@H]1CCC(=O)[C@@H]1CCSc1nc(C(=O)O)cs1)CCC1CCC1. The molecule has 1 heterocycles. The quantitative estimate of drug-likeness (QED) is 0.366. The Labute approximate surface area is 181 Å². The number of thioether (sulfide) groups is 1. The Morgan fingerprint density at radius 2 is 2.17 bits per heavy atom. The zero-order chi connectivity index (χ0) is 20.9. The number of nitrogens with zero attached hydrogens (tertiary/aromatic N) is 1. The van der Waals surface area contributed by atoms with E-state index in [0.29, 0.717) is 18.6 Å². The van der Waals surface area contributed by atoms with Crippen molar-refractivity contribution in [2.45, 2.75) is 74.7 Å². The lowest BCUT2D eigenvalue weighted by molar-refractivity contribution is -0.121. The Balaban J connectivity index is 1.43. The third-order valence-corrected chi connectivity index (χ3v) is 8.32. The normalized spacial score (nSPS) is 24.7. The first-order valence-electron chi connectivity index (χ1n) is 10.6. The van der Waals surface area contributed by atoms with Crippen molar-refractivity contribution in [1.29, 1.82) is 0 Å². The van der Waals surface area contributed by atoms with Crippen molar-refractivity contribution in [2.75, 3.05) is 5.75 Å². The number of allylic oxidation sites excluding steroid dienone is 1. The number of aromatic nitrogens is 1. The first kappa shape index (κ1) is 22.5. The number of carboxylic acid groups (broad SMARTS) is 1. The summed E-state index contributed by atoms with van der Waals surface area (Å²) in [6, 6.07) is 0. The molecule has 0 aromatic carbocycles. The second kappa shape index (κ2) is 10.2. The van der Waals surface area contributed by atoms with E-state index in [2.05, 4.69) is 17.1 Å². The molecule has 2 N–H and O–H groups in total. The molecular weight excluding hydrogens is 406 g/mol. The lowest BCUT2D eigenvalue weighted by Gasteiger charge is -2.29. The first-order chi connectivity index (χ1) is 13.8. The van der Waals surface area contributed by atoms with Gasteiger partial charge in [0.15, 0.2) is 10.0 Å². The van der Waals surface area contributed by atoms with Crippen LogP contribution in [0.15, 0.2) is 21.9 Å². The van der Waals surface area contributed by atoms with E-state index in [4.69, 9.17) is 5.11 Å². The Hall–Kier alpha value is -1.18. The number of rotatable bonds is 11. The molecule has 0 saturated heterocycles. The van der Waals surface area contributed by atoms with E-state index in [9.17, 15) is 14.7 Å². The van der Waals surface area contributed by atoms with Crippen LogP contribution in [0.25, 0.3) is 0 Å². The van der Waals surface area contributed by atoms with Crippen molar-refractivity contribution < 1.29 is 19.8 Å². The average molecular weight is 438 g/mol. The Morgan fingerprint density at radius 3 is 2.83 bits per heavy atom. The van der Waals surface area contributed by atoms with Crippen LogP contribution in [-0.4, -0.2) is 38.3 Å². The van der Waals surface area contributed by atoms with Crippen molar-refractivity contribution in [3.05, 3.63) is 23.2 Å². The van der Waals surface area contributed by atoms with Crippen LogP contribution >= 0.6 is 23.1 Å². The lowest BCUT2D eigenvalue weighted by atomic mass is 9.79. The van der Waals surface area contributed by atoms with Crippen LogP contribution in [0.4, 0.5) is 0 Å². The maximum atomic E-state index is 12.3. The molecule has 7 heteroatoms. The van der Waals surface area contributed by atoms with E-state index in [1.807, 2.05) is 6.92 Å². The third-order valence-electron chi connectivity index (χ3n) is 6.27. The molecule has 2 fully saturated rings. The second-order valence-electron chi connectivity index (χ2n) is 8.68. The molecule has 1 aromatic rings. The fraction of sp³-hybridized carbons (Fsp3) is 0.682. The van der Waals surface area contributed by atoms with Gasteiger partial charge < -0.3 is 10.2 Å². The smallest absolute Gasteiger partial charge is 0.355 e. The van der Waals surface area contributed by atoms with E-state index in [-0.39, 0.29) is 17.5 Å². The summed E-state index contributed by atoms with van der Waals surface area (Å²) in [5, 5.41) is 21.1. The summed E-state index contributed by atoms with van der Waals surface area (Å²) >= 11 is 2.86. The van der Waals surface area contributed by atoms with Gasteiger partial charge in [-0.05, 0) is 50.9 Å². The fourth-order valence-corrected chi connectivity index (χ4v) is 6.02. The minimum absolute atomic E-state index is 0.0255. The van der Waals surface area contributed by atoms with E-state index < -0.39 is 11.6 Å². The van der Waals surface area contributed by atoms with E-state index in [1.165, 1.54) is 42.4 Å². The largest absolute Gasteiger partial charge is 0.476 e. The number of ketones is 1. The van der Waals surface area contributed by atoms with Crippen LogP contribution in [0.2, 0.25) is 0 Å². The zero-order valence-corrected chi connectivity index (χ0v) is 18.6. The standard InChI is InChI=1S/C22H31NO4S2/c1-22(27,12-9-15-4-2-5-15)11-3-6-16-7-8-19(24)17(16)10-13-28-21-23-18(14-29-21)20(25)26/h3,6,14-17,27H,2,4-5,7-13H2,1H3,(H,25,26)/t16-,17+,22?/m0/s1. The van der Waals surface area contributed by atoms with Gasteiger partial charge in [-0.2, -0.15) is 0 Å².